The van der Waals surface area contributed by atoms with E-state index in [1.807, 2.05) is 19.2 Å². The molecule has 0 saturated carbocycles. The van der Waals surface area contributed by atoms with Crippen LogP contribution < -0.4 is 14.2 Å². The highest BCUT2D eigenvalue weighted by Crippen LogP contribution is 2.38. The molecule has 0 spiro atoms. The Morgan fingerprint density at radius 3 is 2.29 bits per heavy atom. The summed E-state index contributed by atoms with van der Waals surface area (Å²) in [5.41, 5.74) is 4.43. The molecule has 0 radical (unpaired) electrons. The highest BCUT2D eigenvalue weighted by Gasteiger charge is 2.18. The van der Waals surface area contributed by atoms with E-state index in [9.17, 15) is 4.79 Å². The van der Waals surface area contributed by atoms with Crippen molar-refractivity contribution in [2.45, 2.75) is 20.3 Å². The van der Waals surface area contributed by atoms with Gasteiger partial charge in [-0.15, -0.1) is 0 Å². The number of rotatable bonds is 7. The molecule has 0 amide bonds. The number of hydrogen-bond acceptors (Lipinski definition) is 4. The molecule has 0 fully saturated rings. The van der Waals surface area contributed by atoms with E-state index in [-0.39, 0.29) is 5.78 Å². The first-order valence-corrected chi connectivity index (χ1v) is 9.15. The van der Waals surface area contributed by atoms with Crippen molar-refractivity contribution in [1.82, 2.24) is 4.98 Å². The average Bonchev–Trinajstić information content (AvgIpc) is 3.13. The third-order valence-corrected chi connectivity index (χ3v) is 4.84. The van der Waals surface area contributed by atoms with E-state index >= 15 is 0 Å². The van der Waals surface area contributed by atoms with Crippen LogP contribution in [-0.4, -0.2) is 32.1 Å². The fourth-order valence-electron chi connectivity index (χ4n) is 3.27. The van der Waals surface area contributed by atoms with Crippen molar-refractivity contribution >= 4 is 22.8 Å². The van der Waals surface area contributed by atoms with Crippen LogP contribution in [0.1, 0.15) is 35.3 Å². The maximum Gasteiger partial charge on any atom is 0.203 e. The number of fused-ring (bicyclic) bond motifs is 1. The summed E-state index contributed by atoms with van der Waals surface area (Å²) in [6.45, 7) is 3.94. The second kappa shape index (κ2) is 8.21. The Hall–Kier alpha value is -3.21. The molecule has 3 aromatic rings. The van der Waals surface area contributed by atoms with E-state index in [0.29, 0.717) is 28.4 Å². The van der Waals surface area contributed by atoms with E-state index < -0.39 is 0 Å². The zero-order valence-corrected chi connectivity index (χ0v) is 16.9. The molecule has 28 heavy (non-hydrogen) atoms. The number of H-pyrrole nitrogens is 1. The van der Waals surface area contributed by atoms with E-state index in [1.54, 1.807) is 12.1 Å². The molecule has 3 rings (SSSR count). The number of nitrogens with one attached hydrogen (secondary N) is 1. The summed E-state index contributed by atoms with van der Waals surface area (Å²) in [4.78, 5) is 16.3. The lowest BCUT2D eigenvalue weighted by atomic mass is 10.0. The van der Waals surface area contributed by atoms with Crippen molar-refractivity contribution in [2.24, 2.45) is 0 Å². The van der Waals surface area contributed by atoms with Crippen LogP contribution in [0.25, 0.3) is 17.0 Å². The molecule has 0 bridgehead atoms. The predicted octanol–water partition coefficient (Wildman–Crippen LogP) is 5.04. The summed E-state index contributed by atoms with van der Waals surface area (Å²) in [7, 11) is 4.60. The lowest BCUT2D eigenvalue weighted by Gasteiger charge is -2.13. The van der Waals surface area contributed by atoms with Gasteiger partial charge in [0.05, 0.1) is 21.3 Å². The summed E-state index contributed by atoms with van der Waals surface area (Å²) in [6.07, 6.45) is 4.81. The van der Waals surface area contributed by atoms with Gasteiger partial charge in [-0.2, -0.15) is 0 Å². The molecule has 5 heteroatoms. The quantitative estimate of drug-likeness (QED) is 0.461. The van der Waals surface area contributed by atoms with Crippen molar-refractivity contribution in [2.75, 3.05) is 21.3 Å². The Morgan fingerprint density at radius 1 is 1.04 bits per heavy atom. The molecule has 0 unspecified atom stereocenters. The number of methoxy groups -OCH3 is 3. The first-order valence-electron chi connectivity index (χ1n) is 9.15. The van der Waals surface area contributed by atoms with Crippen molar-refractivity contribution in [3.8, 4) is 17.2 Å². The Bertz CT molecular complexity index is 1020. The molecule has 1 heterocycles. The number of aromatic amines is 1. The number of ether oxygens (including phenoxy) is 3. The SMILES string of the molecule is CCc1ccc2c(/C=C(\C)C(=O)c3cc(OC)c(OC)c(OC)c3)c[nH]c2c1. The molecule has 0 aliphatic heterocycles. The topological polar surface area (TPSA) is 60.6 Å². The standard InChI is InChI=1S/C23H25NO4/c1-6-15-7-8-18-17(13-24-19(18)10-15)9-14(2)22(25)16-11-20(26-3)23(28-5)21(12-16)27-4/h7-13,24H,6H2,1-5H3/b14-9+. The molecule has 146 valence electrons. The molecular weight excluding hydrogens is 354 g/mol. The fraction of sp³-hybridized carbons (Fsp3) is 0.261. The summed E-state index contributed by atoms with van der Waals surface area (Å²) >= 11 is 0. The van der Waals surface area contributed by atoms with Gasteiger partial charge >= 0.3 is 0 Å². The zero-order valence-electron chi connectivity index (χ0n) is 16.9. The number of allylic oxidation sites excluding steroid dienone is 1. The average molecular weight is 379 g/mol. The molecule has 2 aromatic carbocycles. The van der Waals surface area contributed by atoms with Gasteiger partial charge in [-0.05, 0) is 48.8 Å². The number of ketones is 1. The number of aryl methyl sites for hydroxylation is 1. The van der Waals surface area contributed by atoms with Gasteiger partial charge in [0.1, 0.15) is 0 Å². The van der Waals surface area contributed by atoms with Gasteiger partial charge in [0.15, 0.2) is 17.3 Å². The van der Waals surface area contributed by atoms with Crippen LogP contribution in [0.5, 0.6) is 17.2 Å². The van der Waals surface area contributed by atoms with Crippen molar-refractivity contribution < 1.29 is 19.0 Å². The Balaban J connectivity index is 1.99. The minimum absolute atomic E-state index is 0.0984. The zero-order chi connectivity index (χ0) is 20.3. The van der Waals surface area contributed by atoms with Crippen molar-refractivity contribution in [3.63, 3.8) is 0 Å². The first kappa shape index (κ1) is 19.5. The first-order chi connectivity index (χ1) is 13.5. The van der Waals surface area contributed by atoms with E-state index in [2.05, 4.69) is 30.1 Å². The molecule has 0 saturated heterocycles. The van der Waals surface area contributed by atoms with E-state index in [1.165, 1.54) is 26.9 Å². The van der Waals surface area contributed by atoms with Gasteiger partial charge in [-0.3, -0.25) is 4.79 Å². The monoisotopic (exact) mass is 379 g/mol. The van der Waals surface area contributed by atoms with Crippen LogP contribution in [0.15, 0.2) is 42.1 Å². The number of aromatic nitrogens is 1. The van der Waals surface area contributed by atoms with Crippen molar-refractivity contribution in [3.05, 3.63) is 58.8 Å². The van der Waals surface area contributed by atoms with Gasteiger partial charge in [-0.1, -0.05) is 19.1 Å². The van der Waals surface area contributed by atoms with Crippen LogP contribution in [-0.2, 0) is 6.42 Å². The number of hydrogen-bond donors (Lipinski definition) is 1. The van der Waals surface area contributed by atoms with Crippen LogP contribution in [0.3, 0.4) is 0 Å². The Morgan fingerprint density at radius 2 is 1.71 bits per heavy atom. The number of Topliss-reactive ketones (excluding diaryl/α,β-unsaturated/α-hetero) is 1. The molecule has 0 atom stereocenters. The maximum absolute atomic E-state index is 13.0. The van der Waals surface area contributed by atoms with Crippen LogP contribution in [0, 0.1) is 0 Å². The van der Waals surface area contributed by atoms with Gasteiger partial charge < -0.3 is 19.2 Å². The van der Waals surface area contributed by atoms with E-state index in [0.717, 1.165) is 22.9 Å². The molecule has 0 aliphatic rings. The third-order valence-electron chi connectivity index (χ3n) is 4.84. The molecule has 1 aromatic heterocycles. The lowest BCUT2D eigenvalue weighted by molar-refractivity contribution is 0.103. The smallest absolute Gasteiger partial charge is 0.203 e. The van der Waals surface area contributed by atoms with Gasteiger partial charge in [0.2, 0.25) is 5.75 Å². The second-order valence-electron chi connectivity index (χ2n) is 6.55. The minimum Gasteiger partial charge on any atom is -0.493 e. The molecule has 5 nitrogen and oxygen atoms in total. The highest BCUT2D eigenvalue weighted by molar-refractivity contribution is 6.12. The van der Waals surface area contributed by atoms with E-state index in [4.69, 9.17) is 14.2 Å². The molecular formula is C23H25NO4. The minimum atomic E-state index is -0.0984. The van der Waals surface area contributed by atoms with Gasteiger partial charge in [0.25, 0.3) is 0 Å². The van der Waals surface area contributed by atoms with Crippen LogP contribution in [0.4, 0.5) is 0 Å². The third kappa shape index (κ3) is 3.60. The van der Waals surface area contributed by atoms with Crippen LogP contribution >= 0.6 is 0 Å². The predicted molar refractivity (Wildman–Crippen MR) is 112 cm³/mol. The molecule has 1 N–H and O–H groups in total. The Labute approximate surface area is 164 Å². The normalized spacial score (nSPS) is 11.5. The lowest BCUT2D eigenvalue weighted by Crippen LogP contribution is -2.03. The maximum atomic E-state index is 13.0. The fourth-order valence-corrected chi connectivity index (χ4v) is 3.27. The summed E-state index contributed by atoms with van der Waals surface area (Å²) in [5, 5.41) is 1.09. The number of carbonyl (C=O) groups excluding carboxylic acids is 1. The van der Waals surface area contributed by atoms with Gasteiger partial charge in [-0.25, -0.2) is 0 Å². The Kier molecular flexibility index (Phi) is 5.73. The summed E-state index contributed by atoms with van der Waals surface area (Å²) < 4.78 is 16.0. The number of benzene rings is 2. The second-order valence-corrected chi connectivity index (χ2v) is 6.55. The van der Waals surface area contributed by atoms with Crippen molar-refractivity contribution in [1.29, 1.82) is 0 Å². The molecule has 0 aliphatic carbocycles. The van der Waals surface area contributed by atoms with Crippen LogP contribution in [0.2, 0.25) is 0 Å². The summed E-state index contributed by atoms with van der Waals surface area (Å²) in [5.74, 6) is 1.28. The number of carbonyl (C=O) groups is 1. The largest absolute Gasteiger partial charge is 0.493 e. The highest BCUT2D eigenvalue weighted by atomic mass is 16.5. The summed E-state index contributed by atoms with van der Waals surface area (Å²) in [6, 6.07) is 9.69. The van der Waals surface area contributed by atoms with Gasteiger partial charge in [0, 0.05) is 28.2 Å².